The molecular weight excluding hydrogens is 255 g/mol. The fourth-order valence-electron chi connectivity index (χ4n) is 0.889. The average molecular weight is 261 g/mol. The minimum atomic E-state index is -1.02. The van der Waals surface area contributed by atoms with Crippen LogP contribution < -0.4 is 11.1 Å². The maximum Gasteiger partial charge on any atom is 0.319 e. The minimum absolute atomic E-state index is 0.244. The number of carbonyl (C=O) groups excluding carboxylic acids is 2. The van der Waals surface area contributed by atoms with Crippen LogP contribution in [0.15, 0.2) is 22.7 Å². The number of primary amides is 1. The van der Waals surface area contributed by atoms with Crippen LogP contribution in [0.25, 0.3) is 0 Å². The monoisotopic (exact) mass is 260 g/mol. The highest BCUT2D eigenvalue weighted by atomic mass is 79.9. The second kappa shape index (κ2) is 4.19. The van der Waals surface area contributed by atoms with Gasteiger partial charge < -0.3 is 5.73 Å². The summed E-state index contributed by atoms with van der Waals surface area (Å²) < 4.78 is 13.4. The fraction of sp³-hybridized carbons (Fsp3) is 0. The largest absolute Gasteiger partial charge is 0.351 e. The molecule has 4 nitrogen and oxygen atoms in total. The van der Waals surface area contributed by atoms with Crippen molar-refractivity contribution >= 4 is 27.9 Å². The molecule has 3 N–H and O–H groups in total. The Bertz CT molecular complexity index is 375. The van der Waals surface area contributed by atoms with Gasteiger partial charge in [-0.15, -0.1) is 0 Å². The van der Waals surface area contributed by atoms with Crippen molar-refractivity contribution in [1.82, 2.24) is 5.32 Å². The number of benzene rings is 1. The number of nitrogens with two attached hydrogens (primary N) is 1. The standard InChI is InChI=1S/C8H6BrFN2O2/c9-4-2-1-3-5(10)6(4)7(13)12-8(11)14/h1-3H,(H3,11,12,13,14). The highest BCUT2D eigenvalue weighted by molar-refractivity contribution is 9.10. The first-order chi connectivity index (χ1) is 6.52. The lowest BCUT2D eigenvalue weighted by Crippen LogP contribution is -2.35. The molecule has 0 aliphatic rings. The van der Waals surface area contributed by atoms with E-state index in [1.807, 2.05) is 0 Å². The van der Waals surface area contributed by atoms with Gasteiger partial charge in [0.1, 0.15) is 5.82 Å². The molecule has 3 amide bonds. The Morgan fingerprint density at radius 1 is 1.43 bits per heavy atom. The maximum absolute atomic E-state index is 13.1. The molecule has 0 radical (unpaired) electrons. The first-order valence-corrected chi connectivity index (χ1v) is 4.36. The quantitative estimate of drug-likeness (QED) is 0.801. The summed E-state index contributed by atoms with van der Waals surface area (Å²) in [4.78, 5) is 21.6. The Morgan fingerprint density at radius 2 is 2.07 bits per heavy atom. The van der Waals surface area contributed by atoms with Crippen LogP contribution in [0, 0.1) is 5.82 Å². The van der Waals surface area contributed by atoms with Crippen LogP contribution in [0.5, 0.6) is 0 Å². The van der Waals surface area contributed by atoms with Crippen molar-refractivity contribution in [2.24, 2.45) is 5.73 Å². The Balaban J connectivity index is 3.06. The molecule has 14 heavy (non-hydrogen) atoms. The van der Waals surface area contributed by atoms with Gasteiger partial charge in [0.25, 0.3) is 5.91 Å². The molecule has 0 aromatic heterocycles. The van der Waals surface area contributed by atoms with Crippen molar-refractivity contribution in [2.75, 3.05) is 0 Å². The van der Waals surface area contributed by atoms with Crippen LogP contribution in [-0.2, 0) is 0 Å². The number of amides is 3. The molecule has 0 saturated heterocycles. The summed E-state index contributed by atoms with van der Waals surface area (Å²) in [5.74, 6) is -1.60. The Morgan fingerprint density at radius 3 is 2.57 bits per heavy atom. The van der Waals surface area contributed by atoms with Crippen molar-refractivity contribution in [3.05, 3.63) is 34.1 Å². The SMILES string of the molecule is NC(=O)NC(=O)c1c(F)cccc1Br. The van der Waals surface area contributed by atoms with Gasteiger partial charge in [0.2, 0.25) is 0 Å². The van der Waals surface area contributed by atoms with Crippen molar-refractivity contribution < 1.29 is 14.0 Å². The van der Waals surface area contributed by atoms with E-state index >= 15 is 0 Å². The van der Waals surface area contributed by atoms with Crippen molar-refractivity contribution in [2.45, 2.75) is 0 Å². The molecular formula is C8H6BrFN2O2. The second-order valence-corrected chi connectivity index (χ2v) is 3.27. The van der Waals surface area contributed by atoms with E-state index in [1.165, 1.54) is 12.1 Å². The minimum Gasteiger partial charge on any atom is -0.351 e. The van der Waals surface area contributed by atoms with Gasteiger partial charge in [-0.3, -0.25) is 10.1 Å². The number of halogens is 2. The number of imide groups is 1. The third-order valence-corrected chi connectivity index (χ3v) is 2.09. The number of hydrogen-bond donors (Lipinski definition) is 2. The molecule has 0 aliphatic carbocycles. The summed E-state index contributed by atoms with van der Waals surface area (Å²) in [6, 6.07) is 3.00. The molecule has 74 valence electrons. The number of nitrogens with one attached hydrogen (secondary N) is 1. The lowest BCUT2D eigenvalue weighted by atomic mass is 10.2. The number of carbonyl (C=O) groups is 2. The molecule has 0 saturated carbocycles. The molecule has 0 bridgehead atoms. The highest BCUT2D eigenvalue weighted by Crippen LogP contribution is 2.19. The van der Waals surface area contributed by atoms with Gasteiger partial charge in [0.05, 0.1) is 5.56 Å². The van der Waals surface area contributed by atoms with Gasteiger partial charge in [-0.05, 0) is 28.1 Å². The Labute approximate surface area is 87.4 Å². The second-order valence-electron chi connectivity index (χ2n) is 2.42. The number of rotatable bonds is 1. The van der Waals surface area contributed by atoms with E-state index in [9.17, 15) is 14.0 Å². The zero-order valence-electron chi connectivity index (χ0n) is 6.88. The van der Waals surface area contributed by atoms with E-state index in [-0.39, 0.29) is 10.0 Å². The van der Waals surface area contributed by atoms with E-state index in [0.717, 1.165) is 6.07 Å². The van der Waals surface area contributed by atoms with Crippen molar-refractivity contribution in [1.29, 1.82) is 0 Å². The summed E-state index contributed by atoms with van der Waals surface area (Å²) in [6.45, 7) is 0. The first kappa shape index (κ1) is 10.6. The predicted octanol–water partition coefficient (Wildman–Crippen LogP) is 1.40. The lowest BCUT2D eigenvalue weighted by Gasteiger charge is -2.04. The first-order valence-electron chi connectivity index (χ1n) is 3.57. The molecule has 0 spiro atoms. The predicted molar refractivity (Wildman–Crippen MR) is 51.1 cm³/mol. The van der Waals surface area contributed by atoms with E-state index in [0.29, 0.717) is 0 Å². The van der Waals surface area contributed by atoms with E-state index in [4.69, 9.17) is 5.73 Å². The molecule has 1 aromatic carbocycles. The zero-order chi connectivity index (χ0) is 10.7. The molecule has 0 heterocycles. The Hall–Kier alpha value is -1.43. The number of urea groups is 1. The summed E-state index contributed by atoms with van der Waals surface area (Å²) in [7, 11) is 0. The zero-order valence-corrected chi connectivity index (χ0v) is 8.47. The van der Waals surface area contributed by atoms with E-state index in [2.05, 4.69) is 15.9 Å². The summed E-state index contributed by atoms with van der Waals surface area (Å²) in [5.41, 5.74) is 4.48. The van der Waals surface area contributed by atoms with Crippen LogP contribution in [0.2, 0.25) is 0 Å². The maximum atomic E-state index is 13.1. The fourth-order valence-corrected chi connectivity index (χ4v) is 1.41. The molecule has 1 aromatic rings. The lowest BCUT2D eigenvalue weighted by molar-refractivity contribution is 0.0961. The Kier molecular flexibility index (Phi) is 3.19. The average Bonchev–Trinajstić information content (AvgIpc) is 2.01. The van der Waals surface area contributed by atoms with Crippen LogP contribution >= 0.6 is 15.9 Å². The molecule has 0 aliphatic heterocycles. The van der Waals surface area contributed by atoms with Gasteiger partial charge in [0, 0.05) is 4.47 Å². The topological polar surface area (TPSA) is 72.2 Å². The third-order valence-electron chi connectivity index (χ3n) is 1.43. The normalized spacial score (nSPS) is 9.57. The van der Waals surface area contributed by atoms with Crippen LogP contribution in [0.3, 0.4) is 0 Å². The number of hydrogen-bond acceptors (Lipinski definition) is 2. The van der Waals surface area contributed by atoms with Crippen LogP contribution in [-0.4, -0.2) is 11.9 Å². The summed E-state index contributed by atoms with van der Waals surface area (Å²) in [6.07, 6.45) is 0. The van der Waals surface area contributed by atoms with Gasteiger partial charge in [-0.25, -0.2) is 9.18 Å². The molecule has 6 heteroatoms. The molecule has 0 fully saturated rings. The van der Waals surface area contributed by atoms with Crippen LogP contribution in [0.1, 0.15) is 10.4 Å². The van der Waals surface area contributed by atoms with Gasteiger partial charge >= 0.3 is 6.03 Å². The molecule has 0 unspecified atom stereocenters. The van der Waals surface area contributed by atoms with Crippen molar-refractivity contribution in [3.63, 3.8) is 0 Å². The van der Waals surface area contributed by atoms with Gasteiger partial charge in [-0.2, -0.15) is 0 Å². The smallest absolute Gasteiger partial charge is 0.319 e. The van der Waals surface area contributed by atoms with Crippen LogP contribution in [0.4, 0.5) is 9.18 Å². The molecule has 1 rings (SSSR count). The highest BCUT2D eigenvalue weighted by Gasteiger charge is 2.16. The summed E-state index contributed by atoms with van der Waals surface area (Å²) in [5, 5.41) is 1.77. The third kappa shape index (κ3) is 2.29. The van der Waals surface area contributed by atoms with E-state index < -0.39 is 17.8 Å². The van der Waals surface area contributed by atoms with Gasteiger partial charge in [-0.1, -0.05) is 6.07 Å². The van der Waals surface area contributed by atoms with Crippen molar-refractivity contribution in [3.8, 4) is 0 Å². The summed E-state index contributed by atoms with van der Waals surface area (Å²) >= 11 is 2.98. The van der Waals surface area contributed by atoms with Gasteiger partial charge in [0.15, 0.2) is 0 Å². The molecule has 0 atom stereocenters. The van der Waals surface area contributed by atoms with E-state index in [1.54, 1.807) is 5.32 Å².